The fraction of sp³-hybridized carbons (Fsp3) is 0. The third-order valence-corrected chi connectivity index (χ3v) is 6.07. The Morgan fingerprint density at radius 1 is 0.429 bits per heavy atom. The predicted octanol–water partition coefficient (Wildman–Crippen LogP) is 8.39. The highest BCUT2D eigenvalue weighted by molar-refractivity contribution is 5.86. The highest BCUT2D eigenvalue weighted by atomic mass is 16.4. The van der Waals surface area contributed by atoms with E-state index in [2.05, 4.69) is 107 Å². The lowest BCUT2D eigenvalue weighted by Crippen LogP contribution is -1.79. The van der Waals surface area contributed by atoms with Crippen LogP contribution in [0.4, 0.5) is 0 Å². The van der Waals surface area contributed by atoms with Crippen molar-refractivity contribution in [3.8, 4) is 34.0 Å². The molecular weight excluding hydrogens is 428 g/mol. The Kier molecular flexibility index (Phi) is 5.50. The number of benzene rings is 5. The number of hydrogen-bond donors (Lipinski definition) is 0. The summed E-state index contributed by atoms with van der Waals surface area (Å²) in [6.07, 6.45) is 4.23. The van der Waals surface area contributed by atoms with Gasteiger partial charge in [-0.1, -0.05) is 109 Å². The van der Waals surface area contributed by atoms with Crippen molar-refractivity contribution in [3.05, 3.63) is 132 Å². The molecule has 166 valence electrons. The van der Waals surface area contributed by atoms with Crippen molar-refractivity contribution in [1.82, 2.24) is 10.2 Å². The third-order valence-electron chi connectivity index (χ3n) is 6.07. The molecule has 0 amide bonds. The third kappa shape index (κ3) is 4.53. The topological polar surface area (TPSA) is 38.9 Å². The first kappa shape index (κ1) is 20.8. The quantitative estimate of drug-likeness (QED) is 0.248. The van der Waals surface area contributed by atoms with Crippen LogP contribution >= 0.6 is 0 Å². The van der Waals surface area contributed by atoms with E-state index < -0.39 is 0 Å². The van der Waals surface area contributed by atoms with Gasteiger partial charge in [0.25, 0.3) is 0 Å². The fourth-order valence-electron chi connectivity index (χ4n) is 4.13. The molecule has 0 fully saturated rings. The van der Waals surface area contributed by atoms with Gasteiger partial charge in [0.05, 0.1) is 0 Å². The monoisotopic (exact) mass is 450 g/mol. The molecule has 6 aromatic rings. The summed E-state index contributed by atoms with van der Waals surface area (Å²) < 4.78 is 5.98. The van der Waals surface area contributed by atoms with Crippen molar-refractivity contribution < 1.29 is 4.42 Å². The van der Waals surface area contributed by atoms with E-state index in [0.29, 0.717) is 11.8 Å². The first-order valence-electron chi connectivity index (χ1n) is 11.6. The molecule has 0 radical (unpaired) electrons. The van der Waals surface area contributed by atoms with Crippen LogP contribution in [0.25, 0.3) is 57.0 Å². The molecule has 1 heterocycles. The van der Waals surface area contributed by atoms with E-state index in [0.717, 1.165) is 27.6 Å². The van der Waals surface area contributed by atoms with Gasteiger partial charge in [-0.2, -0.15) is 0 Å². The van der Waals surface area contributed by atoms with Crippen molar-refractivity contribution >= 4 is 22.9 Å². The summed E-state index contributed by atoms with van der Waals surface area (Å²) in [5.41, 5.74) is 6.52. The summed E-state index contributed by atoms with van der Waals surface area (Å²) in [7, 11) is 0. The first-order valence-corrected chi connectivity index (χ1v) is 11.6. The van der Waals surface area contributed by atoms with Crippen molar-refractivity contribution in [3.63, 3.8) is 0 Å². The molecule has 5 aromatic carbocycles. The van der Waals surface area contributed by atoms with E-state index in [9.17, 15) is 0 Å². The molecule has 0 spiro atoms. The van der Waals surface area contributed by atoms with Crippen molar-refractivity contribution in [1.29, 1.82) is 0 Å². The molecule has 0 aliphatic rings. The normalized spacial score (nSPS) is 11.3. The second-order valence-corrected chi connectivity index (χ2v) is 8.42. The molecule has 3 nitrogen and oxygen atoms in total. The summed E-state index contributed by atoms with van der Waals surface area (Å²) in [6, 6.07) is 41.5. The average Bonchev–Trinajstić information content (AvgIpc) is 3.43. The molecule has 0 atom stereocenters. The minimum absolute atomic E-state index is 0.514. The van der Waals surface area contributed by atoms with Gasteiger partial charge in [-0.15, -0.1) is 10.2 Å². The average molecular weight is 451 g/mol. The first-order chi connectivity index (χ1) is 17.3. The minimum Gasteiger partial charge on any atom is -0.416 e. The molecule has 0 aliphatic heterocycles. The van der Waals surface area contributed by atoms with E-state index >= 15 is 0 Å². The zero-order valence-corrected chi connectivity index (χ0v) is 19.0. The van der Waals surface area contributed by atoms with Crippen LogP contribution in [0.2, 0.25) is 0 Å². The van der Waals surface area contributed by atoms with Gasteiger partial charge in [-0.3, -0.25) is 0 Å². The second kappa shape index (κ2) is 9.24. The van der Waals surface area contributed by atoms with Gasteiger partial charge in [-0.05, 0) is 57.3 Å². The number of hydrogen-bond acceptors (Lipinski definition) is 3. The van der Waals surface area contributed by atoms with Crippen LogP contribution in [0.15, 0.2) is 126 Å². The highest BCUT2D eigenvalue weighted by Crippen LogP contribution is 2.27. The molecule has 0 saturated carbocycles. The fourth-order valence-corrected chi connectivity index (χ4v) is 4.13. The lowest BCUT2D eigenvalue weighted by molar-refractivity contribution is 0.584. The van der Waals surface area contributed by atoms with E-state index in [1.54, 1.807) is 0 Å². The zero-order chi connectivity index (χ0) is 23.5. The summed E-state index contributed by atoms with van der Waals surface area (Å²) in [4.78, 5) is 0. The van der Waals surface area contributed by atoms with Crippen LogP contribution in [0.3, 0.4) is 0 Å². The molecular formula is C32H22N2O. The lowest BCUT2D eigenvalue weighted by Gasteiger charge is -2.02. The van der Waals surface area contributed by atoms with Gasteiger partial charge in [-0.25, -0.2) is 0 Å². The van der Waals surface area contributed by atoms with E-state index in [-0.39, 0.29) is 0 Å². The van der Waals surface area contributed by atoms with Gasteiger partial charge < -0.3 is 4.42 Å². The molecule has 6 rings (SSSR count). The van der Waals surface area contributed by atoms with Crippen LogP contribution in [0, 0.1) is 0 Å². The van der Waals surface area contributed by atoms with Gasteiger partial charge in [0.1, 0.15) is 0 Å². The second-order valence-electron chi connectivity index (χ2n) is 8.42. The smallest absolute Gasteiger partial charge is 0.248 e. The zero-order valence-electron chi connectivity index (χ0n) is 19.0. The van der Waals surface area contributed by atoms with Gasteiger partial charge >= 0.3 is 0 Å². The van der Waals surface area contributed by atoms with Crippen LogP contribution in [-0.2, 0) is 0 Å². The maximum absolute atomic E-state index is 5.98. The van der Waals surface area contributed by atoms with Crippen molar-refractivity contribution in [2.75, 3.05) is 0 Å². The molecule has 0 bridgehead atoms. The van der Waals surface area contributed by atoms with Crippen LogP contribution in [0.1, 0.15) is 11.1 Å². The Labute approximate surface area is 204 Å². The summed E-state index contributed by atoms with van der Waals surface area (Å²) in [5, 5.41) is 10.9. The van der Waals surface area contributed by atoms with Gasteiger partial charge in [0, 0.05) is 11.1 Å². The standard InChI is InChI=1S/C32H22N2O/c1-2-6-25(7-3-1)27-16-12-23(13-17-27)10-11-24-14-18-28(19-15-24)31-33-34-32(35-31)30-21-20-26-8-4-5-9-29(26)22-30/h1-22H. The minimum atomic E-state index is 0.514. The number of fused-ring (bicyclic) bond motifs is 1. The maximum atomic E-state index is 5.98. The SMILES string of the molecule is C(=Cc1ccc(-c2nnc(-c3ccc4ccccc4c3)o2)cc1)c1ccc(-c2ccccc2)cc1. The summed E-state index contributed by atoms with van der Waals surface area (Å²) >= 11 is 0. The van der Waals surface area contributed by atoms with E-state index in [1.165, 1.54) is 16.5 Å². The Morgan fingerprint density at radius 2 is 0.943 bits per heavy atom. The Bertz CT molecular complexity index is 1610. The largest absolute Gasteiger partial charge is 0.416 e. The lowest BCUT2D eigenvalue weighted by atomic mass is 10.0. The molecule has 0 aliphatic carbocycles. The van der Waals surface area contributed by atoms with Crippen LogP contribution in [-0.4, -0.2) is 10.2 Å². The molecule has 0 N–H and O–H groups in total. The Hall–Kier alpha value is -4.76. The summed E-state index contributed by atoms with van der Waals surface area (Å²) in [5.74, 6) is 1.04. The Morgan fingerprint density at radius 3 is 1.63 bits per heavy atom. The molecule has 3 heteroatoms. The summed E-state index contributed by atoms with van der Waals surface area (Å²) in [6.45, 7) is 0. The molecule has 1 aromatic heterocycles. The highest BCUT2D eigenvalue weighted by Gasteiger charge is 2.11. The Balaban J connectivity index is 1.16. The number of nitrogens with zero attached hydrogens (tertiary/aromatic N) is 2. The van der Waals surface area contributed by atoms with Crippen molar-refractivity contribution in [2.24, 2.45) is 0 Å². The van der Waals surface area contributed by atoms with Crippen LogP contribution in [0.5, 0.6) is 0 Å². The van der Waals surface area contributed by atoms with Crippen LogP contribution < -0.4 is 0 Å². The number of aromatic nitrogens is 2. The predicted molar refractivity (Wildman–Crippen MR) is 143 cm³/mol. The van der Waals surface area contributed by atoms with Crippen molar-refractivity contribution in [2.45, 2.75) is 0 Å². The molecule has 0 unspecified atom stereocenters. The van der Waals surface area contributed by atoms with Gasteiger partial charge in [0.15, 0.2) is 0 Å². The molecule has 35 heavy (non-hydrogen) atoms. The number of rotatable bonds is 5. The van der Waals surface area contributed by atoms with E-state index in [4.69, 9.17) is 4.42 Å². The molecule has 0 saturated heterocycles. The van der Waals surface area contributed by atoms with Gasteiger partial charge in [0.2, 0.25) is 11.8 Å². The maximum Gasteiger partial charge on any atom is 0.248 e. The van der Waals surface area contributed by atoms with E-state index in [1.807, 2.05) is 36.4 Å².